The summed E-state index contributed by atoms with van der Waals surface area (Å²) in [5, 5.41) is 2.67. The van der Waals surface area contributed by atoms with Gasteiger partial charge in [0.25, 0.3) is 0 Å². The van der Waals surface area contributed by atoms with Crippen molar-refractivity contribution in [2.24, 2.45) is 0 Å². The second-order valence-electron chi connectivity index (χ2n) is 13.1. The summed E-state index contributed by atoms with van der Waals surface area (Å²) >= 11 is 1.87. The van der Waals surface area contributed by atoms with E-state index >= 15 is 0 Å². The maximum atomic E-state index is 2.34. The molecular formula is C49H35NS. The minimum absolute atomic E-state index is 1.11. The lowest BCUT2D eigenvalue weighted by molar-refractivity contribution is 1.28. The number of fused-ring (bicyclic) bond motifs is 3. The maximum absolute atomic E-state index is 2.34. The Hall–Kier alpha value is -6.22. The molecule has 9 rings (SSSR count). The van der Waals surface area contributed by atoms with Crippen molar-refractivity contribution >= 4 is 48.6 Å². The van der Waals surface area contributed by atoms with Gasteiger partial charge in [0.2, 0.25) is 0 Å². The van der Waals surface area contributed by atoms with Crippen LogP contribution in [-0.2, 0) is 0 Å². The summed E-state index contributed by atoms with van der Waals surface area (Å²) in [7, 11) is 0. The number of benzene rings is 8. The van der Waals surface area contributed by atoms with E-state index in [9.17, 15) is 0 Å². The van der Waals surface area contributed by atoms with Gasteiger partial charge in [-0.15, -0.1) is 11.3 Å². The Bertz CT molecular complexity index is 2600. The molecule has 2 heteroatoms. The topological polar surface area (TPSA) is 3.24 Å². The molecule has 0 atom stereocenters. The first-order chi connectivity index (χ1) is 25.2. The zero-order valence-corrected chi connectivity index (χ0v) is 29.1. The fourth-order valence-corrected chi connectivity index (χ4v) is 8.25. The third kappa shape index (κ3) is 6.01. The molecule has 0 N–H and O–H groups in total. The molecule has 1 nitrogen and oxygen atoms in total. The first-order valence-electron chi connectivity index (χ1n) is 17.4. The van der Waals surface area contributed by atoms with E-state index < -0.39 is 0 Å². The molecule has 242 valence electrons. The Labute approximate surface area is 303 Å². The Morgan fingerprint density at radius 3 is 1.43 bits per heavy atom. The maximum Gasteiger partial charge on any atom is 0.0462 e. The lowest BCUT2D eigenvalue weighted by Crippen LogP contribution is -2.09. The second-order valence-corrected chi connectivity index (χ2v) is 14.1. The molecule has 51 heavy (non-hydrogen) atoms. The third-order valence-corrected chi connectivity index (χ3v) is 10.9. The molecule has 0 radical (unpaired) electrons. The summed E-state index contributed by atoms with van der Waals surface area (Å²) in [5.74, 6) is 0. The predicted octanol–water partition coefficient (Wildman–Crippen LogP) is 14.5. The van der Waals surface area contributed by atoms with Crippen molar-refractivity contribution in [1.82, 2.24) is 0 Å². The standard InChI is InChI=1S/C49H35NS/c1-34-17-19-36(20-18-34)38-23-29-43(30-24-38)50(42-27-21-37(22-28-42)35-9-3-2-4-10-35)44-31-25-39(26-32-44)40-11-7-12-41(33-40)45-14-8-16-48-49(45)46-13-5-6-15-47(46)51-48/h2-33H,1H3. The van der Waals surface area contributed by atoms with Crippen LogP contribution in [0.1, 0.15) is 5.56 Å². The van der Waals surface area contributed by atoms with Gasteiger partial charge in [-0.2, -0.15) is 0 Å². The molecular weight excluding hydrogens is 635 g/mol. The van der Waals surface area contributed by atoms with Crippen LogP contribution in [-0.4, -0.2) is 0 Å². The highest BCUT2D eigenvalue weighted by Gasteiger charge is 2.15. The van der Waals surface area contributed by atoms with Crippen LogP contribution in [0.5, 0.6) is 0 Å². The van der Waals surface area contributed by atoms with E-state index in [0.29, 0.717) is 0 Å². The second kappa shape index (κ2) is 13.2. The van der Waals surface area contributed by atoms with E-state index in [2.05, 4.69) is 206 Å². The highest BCUT2D eigenvalue weighted by atomic mass is 32.1. The Morgan fingerprint density at radius 2 is 0.804 bits per heavy atom. The lowest BCUT2D eigenvalue weighted by atomic mass is 9.96. The van der Waals surface area contributed by atoms with E-state index in [1.54, 1.807) is 0 Å². The Balaban J connectivity index is 1.08. The van der Waals surface area contributed by atoms with E-state index in [4.69, 9.17) is 0 Å². The van der Waals surface area contributed by atoms with Crippen molar-refractivity contribution in [3.8, 4) is 44.5 Å². The van der Waals surface area contributed by atoms with Gasteiger partial charge in [-0.25, -0.2) is 0 Å². The molecule has 0 saturated carbocycles. The molecule has 0 spiro atoms. The van der Waals surface area contributed by atoms with Gasteiger partial charge in [0.1, 0.15) is 0 Å². The Morgan fingerprint density at radius 1 is 0.353 bits per heavy atom. The number of thiophene rings is 1. The highest BCUT2D eigenvalue weighted by Crippen LogP contribution is 2.41. The van der Waals surface area contributed by atoms with Gasteiger partial charge in [0, 0.05) is 37.2 Å². The molecule has 1 aromatic heterocycles. The predicted molar refractivity (Wildman–Crippen MR) is 220 cm³/mol. The smallest absolute Gasteiger partial charge is 0.0462 e. The largest absolute Gasteiger partial charge is 0.311 e. The molecule has 8 aromatic carbocycles. The van der Waals surface area contributed by atoms with Gasteiger partial charge in [-0.05, 0) is 106 Å². The van der Waals surface area contributed by atoms with Crippen molar-refractivity contribution in [2.75, 3.05) is 4.90 Å². The number of nitrogens with zero attached hydrogens (tertiary/aromatic N) is 1. The summed E-state index contributed by atoms with van der Waals surface area (Å²) in [4.78, 5) is 2.34. The quantitative estimate of drug-likeness (QED) is 0.163. The van der Waals surface area contributed by atoms with Gasteiger partial charge >= 0.3 is 0 Å². The number of aryl methyl sites for hydroxylation is 1. The molecule has 0 aliphatic rings. The van der Waals surface area contributed by atoms with Crippen LogP contribution in [0.2, 0.25) is 0 Å². The van der Waals surface area contributed by atoms with Crippen LogP contribution in [0.15, 0.2) is 194 Å². The third-order valence-electron chi connectivity index (χ3n) is 9.78. The van der Waals surface area contributed by atoms with Gasteiger partial charge in [0.15, 0.2) is 0 Å². The summed E-state index contributed by atoms with van der Waals surface area (Å²) in [6, 6.07) is 70.5. The summed E-state index contributed by atoms with van der Waals surface area (Å²) in [5.41, 5.74) is 14.4. The molecule has 1 heterocycles. The van der Waals surface area contributed by atoms with Gasteiger partial charge in [-0.1, -0.05) is 145 Å². The highest BCUT2D eigenvalue weighted by molar-refractivity contribution is 7.25. The van der Waals surface area contributed by atoms with Crippen LogP contribution in [0.3, 0.4) is 0 Å². The van der Waals surface area contributed by atoms with E-state index in [-0.39, 0.29) is 0 Å². The molecule has 0 fully saturated rings. The Kier molecular flexibility index (Phi) is 8.00. The van der Waals surface area contributed by atoms with Gasteiger partial charge in [-0.3, -0.25) is 0 Å². The summed E-state index contributed by atoms with van der Waals surface area (Å²) < 4.78 is 2.66. The van der Waals surface area contributed by atoms with Crippen LogP contribution in [0.25, 0.3) is 64.7 Å². The monoisotopic (exact) mass is 669 g/mol. The average Bonchev–Trinajstić information content (AvgIpc) is 3.59. The fraction of sp³-hybridized carbons (Fsp3) is 0.0204. The molecule has 0 aliphatic carbocycles. The van der Waals surface area contributed by atoms with E-state index in [1.807, 2.05) is 11.3 Å². The lowest BCUT2D eigenvalue weighted by Gasteiger charge is -2.26. The SMILES string of the molecule is Cc1ccc(-c2ccc(N(c3ccc(-c4ccccc4)cc3)c3ccc(-c4cccc(-c5cccc6sc7ccccc7c56)c4)cc3)cc2)cc1. The van der Waals surface area contributed by atoms with Crippen molar-refractivity contribution < 1.29 is 0 Å². The first kappa shape index (κ1) is 30.8. The molecule has 9 aromatic rings. The van der Waals surface area contributed by atoms with Crippen LogP contribution >= 0.6 is 11.3 Å². The van der Waals surface area contributed by atoms with Crippen molar-refractivity contribution in [1.29, 1.82) is 0 Å². The van der Waals surface area contributed by atoms with Crippen LogP contribution in [0, 0.1) is 6.92 Å². The summed E-state index contributed by atoms with van der Waals surface area (Å²) in [6.45, 7) is 2.13. The first-order valence-corrected chi connectivity index (χ1v) is 18.2. The minimum Gasteiger partial charge on any atom is -0.311 e. The van der Waals surface area contributed by atoms with Gasteiger partial charge in [0.05, 0.1) is 0 Å². The van der Waals surface area contributed by atoms with E-state index in [0.717, 1.165) is 17.1 Å². The van der Waals surface area contributed by atoms with Gasteiger partial charge < -0.3 is 4.90 Å². The minimum atomic E-state index is 1.11. The van der Waals surface area contributed by atoms with Crippen molar-refractivity contribution in [3.05, 3.63) is 200 Å². The summed E-state index contributed by atoms with van der Waals surface area (Å²) in [6.07, 6.45) is 0. The van der Waals surface area contributed by atoms with E-state index in [1.165, 1.54) is 70.2 Å². The fourth-order valence-electron chi connectivity index (χ4n) is 7.11. The molecule has 0 saturated heterocycles. The normalized spacial score (nSPS) is 11.2. The van der Waals surface area contributed by atoms with Crippen LogP contribution < -0.4 is 4.90 Å². The molecule has 0 aliphatic heterocycles. The zero-order valence-electron chi connectivity index (χ0n) is 28.3. The average molecular weight is 670 g/mol. The number of rotatable bonds is 7. The number of hydrogen-bond donors (Lipinski definition) is 0. The van der Waals surface area contributed by atoms with Crippen LogP contribution in [0.4, 0.5) is 17.1 Å². The molecule has 0 bridgehead atoms. The molecule has 0 amide bonds. The zero-order chi connectivity index (χ0) is 34.1. The van der Waals surface area contributed by atoms with Crippen molar-refractivity contribution in [3.63, 3.8) is 0 Å². The molecule has 0 unspecified atom stereocenters. The number of hydrogen-bond acceptors (Lipinski definition) is 2. The number of anilines is 3. The van der Waals surface area contributed by atoms with Crippen molar-refractivity contribution in [2.45, 2.75) is 6.92 Å².